The molecule has 2 aliphatic rings. The summed E-state index contributed by atoms with van der Waals surface area (Å²) in [6.07, 6.45) is 3.06. The van der Waals surface area contributed by atoms with E-state index in [2.05, 4.69) is 5.32 Å². The fraction of sp³-hybridized carbons (Fsp3) is 0.562. The maximum atomic E-state index is 13.7. The minimum Gasteiger partial charge on any atom is -0.393 e. The predicted molar refractivity (Wildman–Crippen MR) is 77.3 cm³/mol. The summed E-state index contributed by atoms with van der Waals surface area (Å²) in [6, 6.07) is 2.06. The van der Waals surface area contributed by atoms with E-state index in [0.29, 0.717) is 36.9 Å². The Morgan fingerprint density at radius 1 is 1.23 bits per heavy atom. The lowest BCUT2D eigenvalue weighted by molar-refractivity contribution is 0.114. The van der Waals surface area contributed by atoms with Gasteiger partial charge in [0.05, 0.1) is 6.10 Å². The number of fused-ring (bicyclic) bond motifs is 1. The molecule has 0 unspecified atom stereocenters. The van der Waals surface area contributed by atoms with E-state index >= 15 is 0 Å². The Morgan fingerprint density at radius 2 is 1.95 bits per heavy atom. The van der Waals surface area contributed by atoms with Crippen LogP contribution in [0.25, 0.3) is 0 Å². The molecule has 0 aromatic heterocycles. The highest BCUT2D eigenvalue weighted by molar-refractivity contribution is 5.75. The number of urea groups is 1. The normalized spacial score (nSPS) is 24.8. The molecular formula is C16H20F2N2O2. The second-order valence-electron chi connectivity index (χ2n) is 6.15. The lowest BCUT2D eigenvalue weighted by Crippen LogP contribution is -2.48. The van der Waals surface area contributed by atoms with Crippen molar-refractivity contribution >= 4 is 6.03 Å². The first-order valence-electron chi connectivity index (χ1n) is 7.73. The van der Waals surface area contributed by atoms with Crippen molar-refractivity contribution in [1.82, 2.24) is 10.2 Å². The third kappa shape index (κ3) is 3.21. The van der Waals surface area contributed by atoms with Crippen LogP contribution in [0.3, 0.4) is 0 Å². The van der Waals surface area contributed by atoms with Crippen LogP contribution >= 0.6 is 0 Å². The zero-order chi connectivity index (χ0) is 15.7. The molecule has 1 saturated carbocycles. The molecule has 6 heteroatoms. The molecule has 4 nitrogen and oxygen atoms in total. The third-order valence-corrected chi connectivity index (χ3v) is 4.56. The number of halogens is 2. The van der Waals surface area contributed by atoms with Crippen LogP contribution < -0.4 is 5.32 Å². The van der Waals surface area contributed by atoms with Crippen molar-refractivity contribution in [2.45, 2.75) is 50.8 Å². The molecule has 1 aliphatic heterocycles. The van der Waals surface area contributed by atoms with Crippen molar-refractivity contribution in [3.8, 4) is 0 Å². The molecule has 2 N–H and O–H groups in total. The first-order chi connectivity index (χ1) is 10.5. The highest BCUT2D eigenvalue weighted by Crippen LogP contribution is 2.24. The van der Waals surface area contributed by atoms with Gasteiger partial charge in [0.1, 0.15) is 11.6 Å². The molecular weight excluding hydrogens is 290 g/mol. The van der Waals surface area contributed by atoms with Crippen molar-refractivity contribution in [1.29, 1.82) is 0 Å². The molecule has 1 heterocycles. The third-order valence-electron chi connectivity index (χ3n) is 4.56. The molecule has 0 atom stereocenters. The summed E-state index contributed by atoms with van der Waals surface area (Å²) in [5, 5.41) is 12.4. The number of hydrogen-bond donors (Lipinski definition) is 2. The van der Waals surface area contributed by atoms with Gasteiger partial charge in [0.25, 0.3) is 0 Å². The summed E-state index contributed by atoms with van der Waals surface area (Å²) in [7, 11) is 0. The molecule has 0 radical (unpaired) electrons. The van der Waals surface area contributed by atoms with Crippen LogP contribution in [0.4, 0.5) is 13.6 Å². The number of benzene rings is 1. The van der Waals surface area contributed by atoms with E-state index in [1.54, 1.807) is 4.90 Å². The standard InChI is InChI=1S/C16H20F2N2O2/c17-11-7-10-9-20(6-5-14(10)15(18)8-11)16(22)19-12-1-3-13(21)4-2-12/h7-8,12-13,21H,1-6,9H2,(H,19,22). The summed E-state index contributed by atoms with van der Waals surface area (Å²) >= 11 is 0. The smallest absolute Gasteiger partial charge is 0.317 e. The maximum absolute atomic E-state index is 13.7. The molecule has 1 aromatic rings. The number of carbonyl (C=O) groups excluding carboxylic acids is 1. The zero-order valence-electron chi connectivity index (χ0n) is 12.3. The summed E-state index contributed by atoms with van der Waals surface area (Å²) in [6.45, 7) is 0.655. The number of nitrogens with zero attached hydrogens (tertiary/aromatic N) is 1. The van der Waals surface area contributed by atoms with Gasteiger partial charge in [-0.3, -0.25) is 0 Å². The number of amides is 2. The van der Waals surface area contributed by atoms with Crippen LogP contribution in [0.15, 0.2) is 12.1 Å². The van der Waals surface area contributed by atoms with Gasteiger partial charge in [0.15, 0.2) is 0 Å². The Hall–Kier alpha value is -1.69. The van der Waals surface area contributed by atoms with E-state index in [9.17, 15) is 18.7 Å². The van der Waals surface area contributed by atoms with E-state index in [4.69, 9.17) is 0 Å². The van der Waals surface area contributed by atoms with Crippen molar-refractivity contribution in [3.05, 3.63) is 34.9 Å². The fourth-order valence-electron chi connectivity index (χ4n) is 3.27. The lowest BCUT2D eigenvalue weighted by Gasteiger charge is -2.32. The summed E-state index contributed by atoms with van der Waals surface area (Å²) in [5.74, 6) is -1.14. The Kier molecular flexibility index (Phi) is 4.29. The van der Waals surface area contributed by atoms with E-state index < -0.39 is 11.6 Å². The van der Waals surface area contributed by atoms with E-state index in [-0.39, 0.29) is 24.7 Å². The number of carbonyl (C=O) groups is 1. The van der Waals surface area contributed by atoms with Gasteiger partial charge >= 0.3 is 6.03 Å². The second-order valence-corrected chi connectivity index (χ2v) is 6.15. The van der Waals surface area contributed by atoms with Gasteiger partial charge in [-0.05, 0) is 49.3 Å². The molecule has 0 spiro atoms. The van der Waals surface area contributed by atoms with Gasteiger partial charge in [-0.1, -0.05) is 0 Å². The molecule has 2 amide bonds. The van der Waals surface area contributed by atoms with Gasteiger partial charge in [0.2, 0.25) is 0 Å². The average molecular weight is 310 g/mol. The molecule has 0 saturated heterocycles. The van der Waals surface area contributed by atoms with Gasteiger partial charge in [-0.25, -0.2) is 13.6 Å². The molecule has 0 bridgehead atoms. The van der Waals surface area contributed by atoms with Crippen LogP contribution in [0.2, 0.25) is 0 Å². The number of rotatable bonds is 1. The Labute approximate surface area is 128 Å². The molecule has 3 rings (SSSR count). The average Bonchev–Trinajstić information content (AvgIpc) is 2.48. The highest BCUT2D eigenvalue weighted by Gasteiger charge is 2.26. The van der Waals surface area contributed by atoms with Crippen molar-refractivity contribution in [3.63, 3.8) is 0 Å². The van der Waals surface area contributed by atoms with Gasteiger partial charge in [-0.2, -0.15) is 0 Å². The molecule has 1 fully saturated rings. The van der Waals surface area contributed by atoms with E-state index in [1.165, 1.54) is 6.07 Å². The Morgan fingerprint density at radius 3 is 2.68 bits per heavy atom. The predicted octanol–water partition coefficient (Wildman–Crippen LogP) is 2.34. The SMILES string of the molecule is O=C(NC1CCC(O)CC1)N1CCc2c(F)cc(F)cc2C1. The molecule has 22 heavy (non-hydrogen) atoms. The number of aliphatic hydroxyl groups excluding tert-OH is 1. The van der Waals surface area contributed by atoms with Gasteiger partial charge in [-0.15, -0.1) is 0 Å². The molecule has 1 aromatic carbocycles. The van der Waals surface area contributed by atoms with Crippen LogP contribution in [-0.4, -0.2) is 34.7 Å². The lowest BCUT2D eigenvalue weighted by atomic mass is 9.93. The Bertz CT molecular complexity index is 572. The molecule has 120 valence electrons. The first-order valence-corrected chi connectivity index (χ1v) is 7.73. The second kappa shape index (κ2) is 6.20. The summed E-state index contributed by atoms with van der Waals surface area (Å²) in [4.78, 5) is 13.9. The summed E-state index contributed by atoms with van der Waals surface area (Å²) in [5.41, 5.74) is 1.05. The van der Waals surface area contributed by atoms with Crippen LogP contribution in [0.5, 0.6) is 0 Å². The number of aliphatic hydroxyl groups is 1. The minimum absolute atomic E-state index is 0.0709. The van der Waals surface area contributed by atoms with Crippen LogP contribution in [0, 0.1) is 11.6 Å². The van der Waals surface area contributed by atoms with Gasteiger partial charge < -0.3 is 15.3 Å². The molecule has 1 aliphatic carbocycles. The van der Waals surface area contributed by atoms with Crippen LogP contribution in [-0.2, 0) is 13.0 Å². The minimum atomic E-state index is -0.611. The topological polar surface area (TPSA) is 52.6 Å². The number of nitrogens with one attached hydrogen (secondary N) is 1. The van der Waals surface area contributed by atoms with E-state index in [0.717, 1.165) is 18.9 Å². The maximum Gasteiger partial charge on any atom is 0.317 e. The monoisotopic (exact) mass is 310 g/mol. The van der Waals surface area contributed by atoms with Crippen molar-refractivity contribution in [2.75, 3.05) is 6.54 Å². The van der Waals surface area contributed by atoms with Crippen molar-refractivity contribution in [2.24, 2.45) is 0 Å². The zero-order valence-corrected chi connectivity index (χ0v) is 12.3. The number of hydrogen-bond acceptors (Lipinski definition) is 2. The quantitative estimate of drug-likeness (QED) is 0.836. The Balaban J connectivity index is 1.63. The van der Waals surface area contributed by atoms with Crippen LogP contribution in [0.1, 0.15) is 36.8 Å². The fourth-order valence-corrected chi connectivity index (χ4v) is 3.27. The first kappa shape index (κ1) is 15.2. The largest absolute Gasteiger partial charge is 0.393 e. The van der Waals surface area contributed by atoms with Crippen molar-refractivity contribution < 1.29 is 18.7 Å². The van der Waals surface area contributed by atoms with E-state index in [1.807, 2.05) is 0 Å². The highest BCUT2D eigenvalue weighted by atomic mass is 19.1. The summed E-state index contributed by atoms with van der Waals surface area (Å²) < 4.78 is 27.0. The van der Waals surface area contributed by atoms with Gasteiger partial charge in [0, 0.05) is 25.2 Å².